The molecule has 280 valence electrons. The first-order chi connectivity index (χ1) is 25.5. The minimum absolute atomic E-state index is 0.0243. The van der Waals surface area contributed by atoms with Crippen molar-refractivity contribution >= 4 is 24.0 Å². The fourth-order valence-electron chi connectivity index (χ4n) is 5.36. The van der Waals surface area contributed by atoms with Crippen LogP contribution in [0.15, 0.2) is 84.9 Å². The molecule has 0 bridgehead atoms. The number of nitrogens with one attached hydrogen (secondary N) is 2. The Bertz CT molecular complexity index is 1790. The molecule has 0 fully saturated rings. The fourth-order valence-corrected chi connectivity index (χ4v) is 5.36. The van der Waals surface area contributed by atoms with Gasteiger partial charge in [0.25, 0.3) is 0 Å². The lowest BCUT2D eigenvalue weighted by atomic mass is 10.0. The molecule has 0 heterocycles. The number of phenols is 4. The highest BCUT2D eigenvalue weighted by Crippen LogP contribution is 2.29. The summed E-state index contributed by atoms with van der Waals surface area (Å²) in [5.41, 5.74) is 2.79. The number of phenolic OH excluding ortho intramolecular Hbond substituents is 4. The summed E-state index contributed by atoms with van der Waals surface area (Å²) >= 11 is 0. The van der Waals surface area contributed by atoms with Crippen LogP contribution in [0, 0.1) is 0 Å². The molecule has 0 unspecified atom stereocenters. The van der Waals surface area contributed by atoms with Crippen molar-refractivity contribution in [3.63, 3.8) is 0 Å². The highest BCUT2D eigenvalue weighted by Gasteiger charge is 2.18. The van der Waals surface area contributed by atoms with Crippen molar-refractivity contribution < 1.29 is 53.7 Å². The minimum atomic E-state index is -0.551. The number of benzene rings is 4. The Balaban J connectivity index is 1.51. The van der Waals surface area contributed by atoms with Gasteiger partial charge in [0.05, 0.1) is 53.7 Å². The van der Waals surface area contributed by atoms with Gasteiger partial charge in [-0.15, -0.1) is 0 Å². The second-order valence-electron chi connectivity index (χ2n) is 11.9. The SMILES string of the molecule is COc1cc(C=CC(=O)N[C@H](COC[C@@H](Cc2ccc(O)c(OC)c2)NC(=O)C=Cc2ccc(O)c(OC)c2)Cc2ccc(O)c(OC)c2)ccc1O. The molecule has 0 spiro atoms. The second-order valence-corrected chi connectivity index (χ2v) is 11.9. The van der Waals surface area contributed by atoms with Crippen LogP contribution < -0.4 is 29.6 Å². The van der Waals surface area contributed by atoms with E-state index in [0.29, 0.717) is 24.0 Å². The van der Waals surface area contributed by atoms with E-state index in [9.17, 15) is 30.0 Å². The lowest BCUT2D eigenvalue weighted by Gasteiger charge is -2.22. The van der Waals surface area contributed by atoms with E-state index in [2.05, 4.69) is 10.6 Å². The van der Waals surface area contributed by atoms with Crippen LogP contribution in [0.3, 0.4) is 0 Å². The third kappa shape index (κ3) is 11.9. The van der Waals surface area contributed by atoms with Crippen LogP contribution in [0.25, 0.3) is 12.2 Å². The summed E-state index contributed by atoms with van der Waals surface area (Å²) in [6.45, 7) is 0.0917. The quantitative estimate of drug-likeness (QED) is 0.0778. The average Bonchev–Trinajstić information content (AvgIpc) is 3.15. The molecular formula is C40H44N2O11. The number of ether oxygens (including phenoxy) is 5. The highest BCUT2D eigenvalue weighted by atomic mass is 16.5. The summed E-state index contributed by atoms with van der Waals surface area (Å²) in [5.74, 6) is 0.175. The van der Waals surface area contributed by atoms with Crippen molar-refractivity contribution in [1.29, 1.82) is 0 Å². The standard InChI is InChI=1S/C40H44N2O11/c1-49-35-19-25(5-11-31(35)43)9-15-39(47)41-29(17-27-7-13-33(45)37(21-27)51-3)23-53-24-30(18-28-8-14-34(46)38(22-28)52-4)42-40(48)16-10-26-6-12-32(44)36(20-26)50-2/h5-16,19-22,29-30,43-46H,17-18,23-24H2,1-4H3,(H,41,47)(H,42,48)/t29-,30+. The number of hydrogen-bond acceptors (Lipinski definition) is 11. The number of aromatic hydroxyl groups is 4. The molecule has 4 rings (SSSR count). The molecule has 13 nitrogen and oxygen atoms in total. The van der Waals surface area contributed by atoms with E-state index in [1.165, 1.54) is 64.9 Å². The van der Waals surface area contributed by atoms with Gasteiger partial charge in [0, 0.05) is 12.2 Å². The number of rotatable bonds is 18. The number of methoxy groups -OCH3 is 4. The monoisotopic (exact) mass is 728 g/mol. The van der Waals surface area contributed by atoms with E-state index in [1.807, 2.05) is 0 Å². The van der Waals surface area contributed by atoms with Gasteiger partial charge in [0.15, 0.2) is 46.0 Å². The molecular weight excluding hydrogens is 684 g/mol. The van der Waals surface area contributed by atoms with Gasteiger partial charge in [0.2, 0.25) is 11.8 Å². The maximum atomic E-state index is 13.1. The van der Waals surface area contributed by atoms with Gasteiger partial charge < -0.3 is 54.7 Å². The smallest absolute Gasteiger partial charge is 0.244 e. The van der Waals surface area contributed by atoms with Gasteiger partial charge in [-0.1, -0.05) is 24.3 Å². The summed E-state index contributed by atoms with van der Waals surface area (Å²) in [7, 11) is 5.75. The zero-order chi connectivity index (χ0) is 38.3. The Hall–Kier alpha value is -6.34. The molecule has 0 aliphatic carbocycles. The molecule has 53 heavy (non-hydrogen) atoms. The molecule has 0 aliphatic rings. The van der Waals surface area contributed by atoms with E-state index in [-0.39, 0.29) is 59.2 Å². The summed E-state index contributed by atoms with van der Waals surface area (Å²) < 4.78 is 27.0. The van der Waals surface area contributed by atoms with Gasteiger partial charge in [0.1, 0.15) is 0 Å². The number of carbonyl (C=O) groups excluding carboxylic acids is 2. The Labute approximate surface area is 307 Å². The summed E-state index contributed by atoms with van der Waals surface area (Å²) in [6, 6.07) is 18.1. The van der Waals surface area contributed by atoms with Crippen LogP contribution >= 0.6 is 0 Å². The third-order valence-electron chi connectivity index (χ3n) is 8.05. The lowest BCUT2D eigenvalue weighted by molar-refractivity contribution is -0.117. The van der Waals surface area contributed by atoms with E-state index in [1.54, 1.807) is 60.7 Å². The van der Waals surface area contributed by atoms with Crippen LogP contribution in [0.1, 0.15) is 22.3 Å². The molecule has 0 saturated heterocycles. The molecule has 13 heteroatoms. The topological polar surface area (TPSA) is 185 Å². The molecule has 2 amide bonds. The largest absolute Gasteiger partial charge is 0.504 e. The molecule has 2 atom stereocenters. The van der Waals surface area contributed by atoms with E-state index in [4.69, 9.17) is 23.7 Å². The highest BCUT2D eigenvalue weighted by molar-refractivity contribution is 5.92. The number of hydrogen-bond donors (Lipinski definition) is 6. The van der Waals surface area contributed by atoms with Crippen molar-refractivity contribution in [3.05, 3.63) is 107 Å². The first-order valence-corrected chi connectivity index (χ1v) is 16.5. The predicted molar refractivity (Wildman–Crippen MR) is 199 cm³/mol. The van der Waals surface area contributed by atoms with Gasteiger partial charge in [-0.25, -0.2) is 0 Å². The zero-order valence-corrected chi connectivity index (χ0v) is 29.9. The van der Waals surface area contributed by atoms with Gasteiger partial charge in [-0.2, -0.15) is 0 Å². The van der Waals surface area contributed by atoms with Crippen LogP contribution in [0.2, 0.25) is 0 Å². The normalized spacial score (nSPS) is 12.3. The second kappa shape index (κ2) is 19.3. The summed E-state index contributed by atoms with van der Waals surface area (Å²) in [4.78, 5) is 26.2. The maximum Gasteiger partial charge on any atom is 0.244 e. The number of amides is 2. The molecule has 4 aromatic rings. The number of carbonyl (C=O) groups is 2. The molecule has 0 radical (unpaired) electrons. The summed E-state index contributed by atoms with van der Waals surface area (Å²) in [5, 5.41) is 45.9. The Kier molecular flexibility index (Phi) is 14.4. The first-order valence-electron chi connectivity index (χ1n) is 16.5. The molecule has 4 aromatic carbocycles. The maximum absolute atomic E-state index is 13.1. The van der Waals surface area contributed by atoms with Gasteiger partial charge >= 0.3 is 0 Å². The first kappa shape index (κ1) is 39.4. The molecule has 0 saturated carbocycles. The van der Waals surface area contributed by atoms with Crippen molar-refractivity contribution in [2.75, 3.05) is 41.7 Å². The van der Waals surface area contributed by atoms with Crippen molar-refractivity contribution in [2.45, 2.75) is 24.9 Å². The van der Waals surface area contributed by atoms with Crippen molar-refractivity contribution in [1.82, 2.24) is 10.6 Å². The van der Waals surface area contributed by atoms with Crippen LogP contribution in [0.5, 0.6) is 46.0 Å². The minimum Gasteiger partial charge on any atom is -0.504 e. The van der Waals surface area contributed by atoms with Crippen molar-refractivity contribution in [2.24, 2.45) is 0 Å². The molecule has 0 aromatic heterocycles. The lowest BCUT2D eigenvalue weighted by Crippen LogP contribution is -2.42. The van der Waals surface area contributed by atoms with E-state index >= 15 is 0 Å². The third-order valence-corrected chi connectivity index (χ3v) is 8.05. The van der Waals surface area contributed by atoms with E-state index in [0.717, 1.165) is 11.1 Å². The van der Waals surface area contributed by atoms with Crippen LogP contribution in [-0.4, -0.2) is 86.0 Å². The summed E-state index contributed by atoms with van der Waals surface area (Å²) in [6.07, 6.45) is 6.50. The fraction of sp³-hybridized carbons (Fsp3) is 0.250. The van der Waals surface area contributed by atoms with Crippen LogP contribution in [-0.2, 0) is 27.2 Å². The Morgan fingerprint density at radius 3 is 1.25 bits per heavy atom. The average molecular weight is 729 g/mol. The Morgan fingerprint density at radius 1 is 0.547 bits per heavy atom. The van der Waals surface area contributed by atoms with Gasteiger partial charge in [-0.3, -0.25) is 9.59 Å². The Morgan fingerprint density at radius 2 is 0.887 bits per heavy atom. The molecule has 6 N–H and O–H groups in total. The van der Waals surface area contributed by atoms with E-state index < -0.39 is 23.9 Å². The zero-order valence-electron chi connectivity index (χ0n) is 29.9. The molecule has 0 aliphatic heterocycles. The van der Waals surface area contributed by atoms with Crippen molar-refractivity contribution in [3.8, 4) is 46.0 Å². The predicted octanol–water partition coefficient (Wildman–Crippen LogP) is 4.74. The van der Waals surface area contributed by atoms with Gasteiger partial charge in [-0.05, 0) is 95.8 Å². The van der Waals surface area contributed by atoms with Crippen LogP contribution in [0.4, 0.5) is 0 Å².